The number of ether oxygens (including phenoxy) is 2. The summed E-state index contributed by atoms with van der Waals surface area (Å²) in [4.78, 5) is 12.4. The molecule has 2 heterocycles. The Morgan fingerprint density at radius 2 is 2.06 bits per heavy atom. The first-order valence-electron chi connectivity index (χ1n) is 11.0. The van der Waals surface area contributed by atoms with Crippen LogP contribution in [0, 0.1) is 19.7 Å². The molecule has 0 bridgehead atoms. The number of benzene rings is 2. The van der Waals surface area contributed by atoms with Gasteiger partial charge in [-0.2, -0.15) is 5.10 Å². The number of aromatic nitrogens is 2. The second-order valence-corrected chi connectivity index (χ2v) is 8.12. The van der Waals surface area contributed by atoms with Crippen molar-refractivity contribution >= 4 is 5.91 Å². The molecule has 0 unspecified atom stereocenters. The molecule has 1 aliphatic heterocycles. The van der Waals surface area contributed by atoms with Crippen LogP contribution in [-0.2, 0) is 16.0 Å². The maximum Gasteiger partial charge on any atom is 0.226 e. The van der Waals surface area contributed by atoms with Crippen molar-refractivity contribution in [3.8, 4) is 17.3 Å². The molecule has 0 radical (unpaired) electrons. The van der Waals surface area contributed by atoms with E-state index in [1.165, 1.54) is 12.1 Å². The number of hydrogen-bond acceptors (Lipinski definition) is 4. The zero-order chi connectivity index (χ0) is 22.5. The van der Waals surface area contributed by atoms with Gasteiger partial charge in [-0.1, -0.05) is 12.1 Å². The smallest absolute Gasteiger partial charge is 0.226 e. The standard InChI is InChI=1S/C25H28FN3O3/c1-17-5-3-6-21(15-17)32-25-23(12-13-24(30)27-16-22-7-4-14-31-22)18(2)28-29(25)20-10-8-19(26)9-11-20/h3,5-6,8-11,15,22H,4,7,12-14,16H2,1-2H3,(H,27,30)/t22-/m0/s1. The first-order valence-corrected chi connectivity index (χ1v) is 11.0. The third-order valence-corrected chi connectivity index (χ3v) is 5.57. The number of carbonyl (C=O) groups is 1. The zero-order valence-electron chi connectivity index (χ0n) is 18.4. The predicted octanol–water partition coefficient (Wildman–Crippen LogP) is 4.65. The van der Waals surface area contributed by atoms with Gasteiger partial charge in [0.15, 0.2) is 0 Å². The van der Waals surface area contributed by atoms with E-state index in [0.29, 0.717) is 36.7 Å². The van der Waals surface area contributed by atoms with E-state index in [0.717, 1.165) is 36.3 Å². The summed E-state index contributed by atoms with van der Waals surface area (Å²) >= 11 is 0. The summed E-state index contributed by atoms with van der Waals surface area (Å²) in [6.45, 7) is 5.19. The third-order valence-electron chi connectivity index (χ3n) is 5.57. The highest BCUT2D eigenvalue weighted by Crippen LogP contribution is 2.32. The minimum absolute atomic E-state index is 0.0315. The van der Waals surface area contributed by atoms with Crippen molar-refractivity contribution in [1.82, 2.24) is 15.1 Å². The van der Waals surface area contributed by atoms with Crippen molar-refractivity contribution < 1.29 is 18.7 Å². The Kier molecular flexibility index (Phi) is 6.85. The van der Waals surface area contributed by atoms with Crippen molar-refractivity contribution in [3.05, 3.63) is 71.2 Å². The van der Waals surface area contributed by atoms with Crippen LogP contribution in [0.1, 0.15) is 36.1 Å². The van der Waals surface area contributed by atoms with E-state index >= 15 is 0 Å². The van der Waals surface area contributed by atoms with Crippen LogP contribution in [0.5, 0.6) is 11.6 Å². The molecule has 168 valence electrons. The lowest BCUT2D eigenvalue weighted by Gasteiger charge is -2.13. The summed E-state index contributed by atoms with van der Waals surface area (Å²) in [7, 11) is 0. The number of halogens is 1. The van der Waals surface area contributed by atoms with E-state index in [-0.39, 0.29) is 17.8 Å². The molecule has 1 N–H and O–H groups in total. The Morgan fingerprint density at radius 3 is 2.78 bits per heavy atom. The third kappa shape index (κ3) is 5.34. The summed E-state index contributed by atoms with van der Waals surface area (Å²) in [5.74, 6) is 0.863. The number of rotatable bonds is 8. The first kappa shape index (κ1) is 22.0. The van der Waals surface area contributed by atoms with E-state index in [4.69, 9.17) is 9.47 Å². The van der Waals surface area contributed by atoms with Crippen molar-refractivity contribution in [2.24, 2.45) is 0 Å². The Balaban J connectivity index is 1.55. The van der Waals surface area contributed by atoms with Gasteiger partial charge in [-0.15, -0.1) is 0 Å². The number of carbonyl (C=O) groups excluding carboxylic acids is 1. The van der Waals surface area contributed by atoms with Gasteiger partial charge in [0.05, 0.1) is 17.5 Å². The van der Waals surface area contributed by atoms with Gasteiger partial charge in [0.25, 0.3) is 0 Å². The number of hydrogen-bond donors (Lipinski definition) is 1. The number of nitrogens with one attached hydrogen (secondary N) is 1. The molecule has 1 amide bonds. The molecule has 1 aliphatic rings. The van der Waals surface area contributed by atoms with Gasteiger partial charge in [-0.25, -0.2) is 9.07 Å². The molecule has 1 saturated heterocycles. The topological polar surface area (TPSA) is 65.4 Å². The Morgan fingerprint density at radius 1 is 1.25 bits per heavy atom. The molecule has 0 spiro atoms. The van der Waals surface area contributed by atoms with Gasteiger partial charge in [0.1, 0.15) is 11.6 Å². The fourth-order valence-corrected chi connectivity index (χ4v) is 3.84. The Hall–Kier alpha value is -3.19. The molecular formula is C25H28FN3O3. The quantitative estimate of drug-likeness (QED) is 0.557. The minimum atomic E-state index is -0.318. The van der Waals surface area contributed by atoms with E-state index < -0.39 is 0 Å². The summed E-state index contributed by atoms with van der Waals surface area (Å²) in [6, 6.07) is 13.8. The van der Waals surface area contributed by atoms with Crippen LogP contribution >= 0.6 is 0 Å². The van der Waals surface area contributed by atoms with E-state index in [2.05, 4.69) is 10.4 Å². The largest absolute Gasteiger partial charge is 0.439 e. The fourth-order valence-electron chi connectivity index (χ4n) is 3.84. The van der Waals surface area contributed by atoms with Crippen LogP contribution in [0.4, 0.5) is 4.39 Å². The lowest BCUT2D eigenvalue weighted by Crippen LogP contribution is -2.31. The van der Waals surface area contributed by atoms with Gasteiger partial charge in [-0.05, 0) is 75.1 Å². The summed E-state index contributed by atoms with van der Waals surface area (Å²) in [6.07, 6.45) is 2.93. The SMILES string of the molecule is Cc1cccc(Oc2c(CCC(=O)NC[C@@H]3CCCO3)c(C)nn2-c2ccc(F)cc2)c1. The van der Waals surface area contributed by atoms with E-state index in [9.17, 15) is 9.18 Å². The fraction of sp³-hybridized carbons (Fsp3) is 0.360. The predicted molar refractivity (Wildman–Crippen MR) is 120 cm³/mol. The van der Waals surface area contributed by atoms with Crippen LogP contribution in [-0.4, -0.2) is 34.9 Å². The molecule has 2 aromatic carbocycles. The first-order chi connectivity index (χ1) is 15.5. The highest BCUT2D eigenvalue weighted by Gasteiger charge is 2.21. The van der Waals surface area contributed by atoms with Crippen LogP contribution in [0.25, 0.3) is 5.69 Å². The molecule has 32 heavy (non-hydrogen) atoms. The van der Waals surface area contributed by atoms with Crippen LogP contribution in [0.3, 0.4) is 0 Å². The second kappa shape index (κ2) is 9.96. The molecule has 4 rings (SSSR count). The van der Waals surface area contributed by atoms with E-state index in [1.54, 1.807) is 16.8 Å². The van der Waals surface area contributed by atoms with E-state index in [1.807, 2.05) is 38.1 Å². The average molecular weight is 438 g/mol. The highest BCUT2D eigenvalue weighted by atomic mass is 19.1. The Bertz CT molecular complexity index is 1070. The minimum Gasteiger partial charge on any atom is -0.439 e. The molecule has 7 heteroatoms. The van der Waals surface area contributed by atoms with Crippen LogP contribution in [0.2, 0.25) is 0 Å². The van der Waals surface area contributed by atoms with Crippen LogP contribution in [0.15, 0.2) is 48.5 Å². The van der Waals surface area contributed by atoms with Gasteiger partial charge >= 0.3 is 0 Å². The van der Waals surface area contributed by atoms with Crippen molar-refractivity contribution in [3.63, 3.8) is 0 Å². The monoisotopic (exact) mass is 437 g/mol. The van der Waals surface area contributed by atoms with Gasteiger partial charge in [0, 0.05) is 25.1 Å². The zero-order valence-corrected chi connectivity index (χ0v) is 18.4. The summed E-state index contributed by atoms with van der Waals surface area (Å²) in [5, 5.41) is 7.60. The van der Waals surface area contributed by atoms with Gasteiger partial charge < -0.3 is 14.8 Å². The Labute approximate surface area is 187 Å². The van der Waals surface area contributed by atoms with Crippen molar-refractivity contribution in [2.75, 3.05) is 13.2 Å². The second-order valence-electron chi connectivity index (χ2n) is 8.12. The molecule has 6 nitrogen and oxygen atoms in total. The van der Waals surface area contributed by atoms with Crippen LogP contribution < -0.4 is 10.1 Å². The molecule has 1 fully saturated rings. The molecule has 0 aliphatic carbocycles. The molecule has 3 aromatic rings. The molecular weight excluding hydrogens is 409 g/mol. The average Bonchev–Trinajstić information content (AvgIpc) is 3.40. The highest BCUT2D eigenvalue weighted by molar-refractivity contribution is 5.76. The number of amides is 1. The lowest BCUT2D eigenvalue weighted by atomic mass is 10.1. The number of aryl methyl sites for hydroxylation is 2. The summed E-state index contributed by atoms with van der Waals surface area (Å²) < 4.78 is 26.9. The summed E-state index contributed by atoms with van der Waals surface area (Å²) in [5.41, 5.74) is 3.38. The molecule has 0 saturated carbocycles. The van der Waals surface area contributed by atoms with Gasteiger partial charge in [0.2, 0.25) is 11.8 Å². The molecule has 1 atom stereocenters. The maximum absolute atomic E-state index is 13.5. The maximum atomic E-state index is 13.5. The number of nitrogens with zero attached hydrogens (tertiary/aromatic N) is 2. The molecule has 1 aromatic heterocycles. The lowest BCUT2D eigenvalue weighted by molar-refractivity contribution is -0.121. The van der Waals surface area contributed by atoms with Gasteiger partial charge in [-0.3, -0.25) is 4.79 Å². The van der Waals surface area contributed by atoms with Crippen molar-refractivity contribution in [1.29, 1.82) is 0 Å². The normalized spacial score (nSPS) is 15.7. The van der Waals surface area contributed by atoms with Crippen molar-refractivity contribution in [2.45, 2.75) is 45.6 Å².